The summed E-state index contributed by atoms with van der Waals surface area (Å²) in [6, 6.07) is 19.0. The molecule has 0 N–H and O–H groups in total. The maximum atomic E-state index is 4.37. The van der Waals surface area contributed by atoms with Gasteiger partial charge in [-0.15, -0.1) is 0 Å². The van der Waals surface area contributed by atoms with Crippen molar-refractivity contribution in [1.82, 2.24) is 0 Å². The summed E-state index contributed by atoms with van der Waals surface area (Å²) in [5.74, 6) is 0. The summed E-state index contributed by atoms with van der Waals surface area (Å²) in [4.78, 5) is 0. The topological polar surface area (TPSA) is 0 Å². The van der Waals surface area contributed by atoms with Crippen LogP contribution in [0.5, 0.6) is 0 Å². The molecular formula is C20H22. The first-order valence-corrected chi connectivity index (χ1v) is 7.15. The second-order valence-corrected chi connectivity index (χ2v) is 5.17. The number of hydrogen-bond acceptors (Lipinski definition) is 0. The molecule has 0 saturated carbocycles. The zero-order valence-corrected chi connectivity index (χ0v) is 12.6. The summed E-state index contributed by atoms with van der Waals surface area (Å²) in [6.07, 6.45) is 1.04. The third-order valence-corrected chi connectivity index (χ3v) is 3.79. The Hall–Kier alpha value is -2.08. The van der Waals surface area contributed by atoms with Crippen LogP contribution in [0.4, 0.5) is 0 Å². The van der Waals surface area contributed by atoms with Gasteiger partial charge >= 0.3 is 0 Å². The van der Waals surface area contributed by atoms with Crippen LogP contribution in [0.2, 0.25) is 0 Å². The molecule has 0 aliphatic carbocycles. The predicted molar refractivity (Wildman–Crippen MR) is 89.5 cm³/mol. The number of rotatable bonds is 4. The first-order valence-electron chi connectivity index (χ1n) is 7.15. The third-order valence-electron chi connectivity index (χ3n) is 3.79. The SMILES string of the molecule is C=C(/C(=C(/C)CC)c1ccccc1)c1ccccc1C. The molecule has 0 unspecified atom stereocenters. The lowest BCUT2D eigenvalue weighted by molar-refractivity contribution is 1.11. The molecule has 0 aliphatic heterocycles. The van der Waals surface area contributed by atoms with Crippen molar-refractivity contribution in [2.45, 2.75) is 27.2 Å². The van der Waals surface area contributed by atoms with E-state index in [1.165, 1.54) is 27.8 Å². The third kappa shape index (κ3) is 2.91. The molecular weight excluding hydrogens is 240 g/mol. The molecule has 0 bridgehead atoms. The second-order valence-electron chi connectivity index (χ2n) is 5.17. The Kier molecular flexibility index (Phi) is 4.57. The van der Waals surface area contributed by atoms with Crippen LogP contribution < -0.4 is 0 Å². The molecule has 0 radical (unpaired) electrons. The molecule has 2 rings (SSSR count). The molecule has 0 amide bonds. The number of allylic oxidation sites excluding steroid dienone is 3. The highest BCUT2D eigenvalue weighted by molar-refractivity contribution is 6.05. The van der Waals surface area contributed by atoms with Gasteiger partial charge in [-0.25, -0.2) is 0 Å². The minimum absolute atomic E-state index is 1.04. The smallest absolute Gasteiger partial charge is 0.0122 e. The molecule has 0 aromatic heterocycles. The van der Waals surface area contributed by atoms with Gasteiger partial charge in [-0.3, -0.25) is 0 Å². The van der Waals surface area contributed by atoms with Gasteiger partial charge in [0.2, 0.25) is 0 Å². The number of aryl methyl sites for hydroxylation is 1. The fourth-order valence-corrected chi connectivity index (χ4v) is 2.51. The minimum Gasteiger partial charge on any atom is -0.0905 e. The lowest BCUT2D eigenvalue weighted by Gasteiger charge is -2.17. The van der Waals surface area contributed by atoms with Crippen LogP contribution in [0.3, 0.4) is 0 Å². The monoisotopic (exact) mass is 262 g/mol. The molecule has 0 nitrogen and oxygen atoms in total. The van der Waals surface area contributed by atoms with Crippen molar-refractivity contribution < 1.29 is 0 Å². The van der Waals surface area contributed by atoms with Crippen LogP contribution in [0.25, 0.3) is 11.1 Å². The minimum atomic E-state index is 1.04. The molecule has 0 spiro atoms. The van der Waals surface area contributed by atoms with Gasteiger partial charge in [0.15, 0.2) is 0 Å². The van der Waals surface area contributed by atoms with Crippen molar-refractivity contribution in [2.24, 2.45) is 0 Å². The molecule has 2 aromatic rings. The lowest BCUT2D eigenvalue weighted by Crippen LogP contribution is -1.95. The maximum absolute atomic E-state index is 4.37. The zero-order valence-electron chi connectivity index (χ0n) is 12.6. The van der Waals surface area contributed by atoms with Crippen LogP contribution >= 0.6 is 0 Å². The molecule has 20 heavy (non-hydrogen) atoms. The van der Waals surface area contributed by atoms with Crippen LogP contribution in [-0.4, -0.2) is 0 Å². The van der Waals surface area contributed by atoms with Gasteiger partial charge in [0.1, 0.15) is 0 Å². The molecule has 102 valence electrons. The summed E-state index contributed by atoms with van der Waals surface area (Å²) in [6.45, 7) is 10.9. The molecule has 0 heteroatoms. The molecule has 0 saturated heterocycles. The van der Waals surface area contributed by atoms with Crippen LogP contribution in [0, 0.1) is 6.92 Å². The second kappa shape index (κ2) is 6.38. The van der Waals surface area contributed by atoms with E-state index in [0.717, 1.165) is 12.0 Å². The van der Waals surface area contributed by atoms with Gasteiger partial charge in [-0.05, 0) is 48.1 Å². The van der Waals surface area contributed by atoms with E-state index in [-0.39, 0.29) is 0 Å². The fourth-order valence-electron chi connectivity index (χ4n) is 2.51. The fraction of sp³-hybridized carbons (Fsp3) is 0.200. The quantitative estimate of drug-likeness (QED) is 0.602. The Morgan fingerprint density at radius 3 is 2.15 bits per heavy atom. The van der Waals surface area contributed by atoms with Crippen molar-refractivity contribution >= 4 is 11.1 Å². The lowest BCUT2D eigenvalue weighted by atomic mass is 9.87. The van der Waals surface area contributed by atoms with Crippen LogP contribution in [0.15, 0.2) is 66.7 Å². The van der Waals surface area contributed by atoms with Crippen molar-refractivity contribution in [1.29, 1.82) is 0 Å². The number of hydrogen-bond donors (Lipinski definition) is 0. The molecule has 2 aromatic carbocycles. The molecule has 0 aliphatic rings. The molecule has 0 heterocycles. The highest BCUT2D eigenvalue weighted by Gasteiger charge is 2.12. The standard InChI is InChI=1S/C20H22/c1-5-15(2)20(18-12-7-6-8-13-18)17(4)19-14-10-9-11-16(19)3/h6-14H,4-5H2,1-3H3/b20-15+. The largest absolute Gasteiger partial charge is 0.0905 e. The van der Waals surface area contributed by atoms with E-state index in [2.05, 4.69) is 81.9 Å². The van der Waals surface area contributed by atoms with E-state index in [9.17, 15) is 0 Å². The van der Waals surface area contributed by atoms with E-state index in [1.54, 1.807) is 0 Å². The molecule has 0 fully saturated rings. The van der Waals surface area contributed by atoms with Gasteiger partial charge < -0.3 is 0 Å². The van der Waals surface area contributed by atoms with Crippen molar-refractivity contribution in [3.8, 4) is 0 Å². The normalized spacial score (nSPS) is 11.9. The Balaban J connectivity index is 2.55. The maximum Gasteiger partial charge on any atom is -0.0122 e. The van der Waals surface area contributed by atoms with Crippen molar-refractivity contribution in [2.75, 3.05) is 0 Å². The van der Waals surface area contributed by atoms with Gasteiger partial charge in [0.05, 0.1) is 0 Å². The van der Waals surface area contributed by atoms with E-state index < -0.39 is 0 Å². The Bertz CT molecular complexity index is 630. The van der Waals surface area contributed by atoms with E-state index in [1.807, 2.05) is 0 Å². The van der Waals surface area contributed by atoms with Crippen LogP contribution in [-0.2, 0) is 0 Å². The first-order chi connectivity index (χ1) is 9.65. The van der Waals surface area contributed by atoms with Crippen molar-refractivity contribution in [3.05, 3.63) is 83.4 Å². The van der Waals surface area contributed by atoms with Gasteiger partial charge in [-0.1, -0.05) is 73.7 Å². The van der Waals surface area contributed by atoms with Crippen LogP contribution in [0.1, 0.15) is 37.0 Å². The Morgan fingerprint density at radius 1 is 0.950 bits per heavy atom. The average molecular weight is 262 g/mol. The van der Waals surface area contributed by atoms with Gasteiger partial charge in [0, 0.05) is 0 Å². The summed E-state index contributed by atoms with van der Waals surface area (Å²) in [5, 5.41) is 0. The van der Waals surface area contributed by atoms with E-state index >= 15 is 0 Å². The average Bonchev–Trinajstić information content (AvgIpc) is 2.48. The highest BCUT2D eigenvalue weighted by Crippen LogP contribution is 2.34. The van der Waals surface area contributed by atoms with E-state index in [0.29, 0.717) is 0 Å². The summed E-state index contributed by atoms with van der Waals surface area (Å²) < 4.78 is 0. The number of benzene rings is 2. The predicted octanol–water partition coefficient (Wildman–Crippen LogP) is 5.89. The zero-order chi connectivity index (χ0) is 14.5. The van der Waals surface area contributed by atoms with Crippen molar-refractivity contribution in [3.63, 3.8) is 0 Å². The summed E-state index contributed by atoms with van der Waals surface area (Å²) in [5.41, 5.74) is 7.54. The summed E-state index contributed by atoms with van der Waals surface area (Å²) >= 11 is 0. The van der Waals surface area contributed by atoms with Gasteiger partial charge in [-0.2, -0.15) is 0 Å². The summed E-state index contributed by atoms with van der Waals surface area (Å²) in [7, 11) is 0. The van der Waals surface area contributed by atoms with Gasteiger partial charge in [0.25, 0.3) is 0 Å². The Labute approximate surface area is 122 Å². The Morgan fingerprint density at radius 2 is 1.55 bits per heavy atom. The molecule has 0 atom stereocenters. The highest BCUT2D eigenvalue weighted by atomic mass is 14.2. The van der Waals surface area contributed by atoms with E-state index in [4.69, 9.17) is 0 Å². The first kappa shape index (κ1) is 14.3.